The molecule has 5 nitrogen and oxygen atoms in total. The second kappa shape index (κ2) is 8.65. The van der Waals surface area contributed by atoms with Crippen LogP contribution in [0.1, 0.15) is 0 Å². The zero-order chi connectivity index (χ0) is 23.0. The molecule has 0 atom stereocenters. The summed E-state index contributed by atoms with van der Waals surface area (Å²) in [6.45, 7) is 2.65. The Morgan fingerprint density at radius 2 is 1.52 bits per heavy atom. The van der Waals surface area contributed by atoms with E-state index < -0.39 is 15.7 Å². The molecule has 0 spiro atoms. The molecule has 2 heterocycles. The Balaban J connectivity index is 1.60. The Morgan fingerprint density at radius 1 is 0.848 bits per heavy atom. The molecule has 1 aliphatic heterocycles. The van der Waals surface area contributed by atoms with Crippen molar-refractivity contribution in [1.82, 2.24) is 0 Å². The van der Waals surface area contributed by atoms with Crippen LogP contribution in [0, 0.1) is 5.82 Å². The van der Waals surface area contributed by atoms with Gasteiger partial charge >= 0.3 is 0 Å². The summed E-state index contributed by atoms with van der Waals surface area (Å²) in [7, 11) is -3.87. The van der Waals surface area contributed by atoms with E-state index in [9.17, 15) is 12.8 Å². The standard InChI is InChI=1S/C25H21ClFN3O2S/c26-18-6-9-21(10-7-18)33(31,32)24-17-28-23-11-8-19(27)16-22(23)25(24)30-14-12-29(13-15-30)20-4-2-1-3-5-20/h1-11,16-17H,12-15H2/p+1. The summed E-state index contributed by atoms with van der Waals surface area (Å²) in [5.74, 6) is -0.416. The molecule has 0 bridgehead atoms. The van der Waals surface area contributed by atoms with Crippen molar-refractivity contribution in [3.63, 3.8) is 0 Å². The molecule has 1 saturated heterocycles. The van der Waals surface area contributed by atoms with E-state index in [1.54, 1.807) is 18.2 Å². The number of hydrogen-bond donors (Lipinski definition) is 0. The number of halogens is 2. The fraction of sp³-hybridized carbons (Fsp3) is 0.160. The van der Waals surface area contributed by atoms with Crippen LogP contribution in [0.25, 0.3) is 10.9 Å². The molecule has 33 heavy (non-hydrogen) atoms. The van der Waals surface area contributed by atoms with Gasteiger partial charge in [-0.1, -0.05) is 29.8 Å². The van der Waals surface area contributed by atoms with Gasteiger partial charge in [0.15, 0.2) is 11.1 Å². The summed E-state index contributed by atoms with van der Waals surface area (Å²) in [5.41, 5.74) is 2.32. The van der Waals surface area contributed by atoms with Gasteiger partial charge in [-0.3, -0.25) is 0 Å². The van der Waals surface area contributed by atoms with Crippen LogP contribution < -0.4 is 14.8 Å². The van der Waals surface area contributed by atoms with Gasteiger partial charge in [-0.25, -0.2) is 17.8 Å². The maximum Gasteiger partial charge on any atom is 0.214 e. The summed E-state index contributed by atoms with van der Waals surface area (Å²) in [4.78, 5) is 7.60. The van der Waals surface area contributed by atoms with Gasteiger partial charge in [0.2, 0.25) is 15.4 Å². The third-order valence-electron chi connectivity index (χ3n) is 5.96. The zero-order valence-electron chi connectivity index (χ0n) is 17.7. The summed E-state index contributed by atoms with van der Waals surface area (Å²) in [5, 5.41) is 0.997. The number of pyridine rings is 1. The van der Waals surface area contributed by atoms with Crippen LogP contribution >= 0.6 is 11.6 Å². The van der Waals surface area contributed by atoms with E-state index in [0.29, 0.717) is 34.7 Å². The molecule has 1 aromatic heterocycles. The number of para-hydroxylation sites is 1. The predicted octanol–water partition coefficient (Wildman–Crippen LogP) is 4.61. The van der Waals surface area contributed by atoms with Gasteiger partial charge < -0.3 is 9.80 Å². The van der Waals surface area contributed by atoms with Crippen molar-refractivity contribution in [2.75, 3.05) is 36.0 Å². The van der Waals surface area contributed by atoms with E-state index in [0.717, 1.165) is 18.8 Å². The van der Waals surface area contributed by atoms with Crippen molar-refractivity contribution in [2.45, 2.75) is 9.79 Å². The second-order valence-corrected chi connectivity index (χ2v) is 10.3. The third-order valence-corrected chi connectivity index (χ3v) is 7.99. The smallest absolute Gasteiger partial charge is 0.214 e. The number of aromatic amines is 1. The Bertz CT molecular complexity index is 1410. The van der Waals surface area contributed by atoms with Crippen molar-refractivity contribution < 1.29 is 17.8 Å². The summed E-state index contributed by atoms with van der Waals surface area (Å²) in [6.07, 6.45) is 1.50. The first-order chi connectivity index (χ1) is 15.9. The quantitative estimate of drug-likeness (QED) is 0.426. The van der Waals surface area contributed by atoms with Crippen LogP contribution in [0.15, 0.2) is 88.8 Å². The number of piperazine rings is 1. The maximum absolute atomic E-state index is 14.3. The molecule has 0 radical (unpaired) electrons. The largest absolute Gasteiger partial charge is 0.368 e. The lowest BCUT2D eigenvalue weighted by Gasteiger charge is -2.38. The highest BCUT2D eigenvalue weighted by Gasteiger charge is 2.31. The lowest BCUT2D eigenvalue weighted by Crippen LogP contribution is -2.47. The van der Waals surface area contributed by atoms with Crippen molar-refractivity contribution in [2.24, 2.45) is 0 Å². The molecule has 8 heteroatoms. The Morgan fingerprint density at radius 3 is 2.21 bits per heavy atom. The number of nitrogens with one attached hydrogen (secondary N) is 1. The number of anilines is 2. The average Bonchev–Trinajstić information content (AvgIpc) is 2.84. The fourth-order valence-corrected chi connectivity index (χ4v) is 5.86. The molecule has 1 fully saturated rings. The van der Waals surface area contributed by atoms with Crippen LogP contribution in [0.4, 0.5) is 15.8 Å². The minimum atomic E-state index is -3.87. The first-order valence-electron chi connectivity index (χ1n) is 10.6. The molecule has 0 aliphatic carbocycles. The molecule has 168 valence electrons. The highest BCUT2D eigenvalue weighted by molar-refractivity contribution is 7.91. The molecular weight excluding hydrogens is 461 g/mol. The number of fused-ring (bicyclic) bond motifs is 1. The van der Waals surface area contributed by atoms with E-state index in [2.05, 4.69) is 22.0 Å². The van der Waals surface area contributed by atoms with Crippen molar-refractivity contribution >= 4 is 43.7 Å². The van der Waals surface area contributed by atoms with Crippen LogP contribution in [0.5, 0.6) is 0 Å². The third kappa shape index (κ3) is 4.14. The number of sulfone groups is 1. The molecule has 0 saturated carbocycles. The number of nitrogens with zero attached hydrogens (tertiary/aromatic N) is 2. The van der Waals surface area contributed by atoms with E-state index in [1.165, 1.54) is 30.5 Å². The molecule has 3 aromatic carbocycles. The van der Waals surface area contributed by atoms with Gasteiger partial charge in [0.25, 0.3) is 0 Å². The van der Waals surface area contributed by atoms with Gasteiger partial charge in [0.05, 0.1) is 16.0 Å². The van der Waals surface area contributed by atoms with Crippen LogP contribution in [-0.4, -0.2) is 34.6 Å². The Labute approximate surface area is 197 Å². The van der Waals surface area contributed by atoms with E-state index in [1.807, 2.05) is 23.1 Å². The lowest BCUT2D eigenvalue weighted by molar-refractivity contribution is -0.347. The van der Waals surface area contributed by atoms with Gasteiger partial charge in [0.1, 0.15) is 5.82 Å². The Kier molecular flexibility index (Phi) is 5.68. The number of H-pyrrole nitrogens is 1. The second-order valence-electron chi connectivity index (χ2n) is 7.96. The number of benzene rings is 3. The molecule has 5 rings (SSSR count). The summed E-state index contributed by atoms with van der Waals surface area (Å²) >= 11 is 5.96. The SMILES string of the molecule is O=S(=O)(c1ccc(Cl)cc1)c1c[nH+]c2ccc(F)cc2c1N1CCN(c2ccccc2)CC1. The van der Waals surface area contributed by atoms with Crippen LogP contribution in [-0.2, 0) is 9.84 Å². The molecule has 0 amide bonds. The first-order valence-corrected chi connectivity index (χ1v) is 12.5. The van der Waals surface area contributed by atoms with Gasteiger partial charge in [-0.05, 0) is 48.5 Å². The van der Waals surface area contributed by atoms with Crippen molar-refractivity contribution in [1.29, 1.82) is 0 Å². The van der Waals surface area contributed by atoms with Crippen LogP contribution in [0.2, 0.25) is 5.02 Å². The van der Waals surface area contributed by atoms with Gasteiger partial charge in [-0.15, -0.1) is 0 Å². The number of aromatic nitrogens is 1. The summed E-state index contributed by atoms with van der Waals surface area (Å²) in [6, 6.07) is 20.6. The van der Waals surface area contributed by atoms with E-state index in [-0.39, 0.29) is 9.79 Å². The van der Waals surface area contributed by atoms with E-state index >= 15 is 0 Å². The van der Waals surface area contributed by atoms with Crippen LogP contribution in [0.3, 0.4) is 0 Å². The predicted molar refractivity (Wildman–Crippen MR) is 128 cm³/mol. The number of rotatable bonds is 4. The minimum absolute atomic E-state index is 0.121. The van der Waals surface area contributed by atoms with E-state index in [4.69, 9.17) is 11.6 Å². The Hall–Kier alpha value is -3.16. The van der Waals surface area contributed by atoms with Gasteiger partial charge in [-0.2, -0.15) is 0 Å². The van der Waals surface area contributed by atoms with Crippen molar-refractivity contribution in [3.8, 4) is 0 Å². The fourth-order valence-electron chi connectivity index (χ4n) is 4.28. The zero-order valence-corrected chi connectivity index (χ0v) is 19.3. The first kappa shape index (κ1) is 21.7. The molecule has 4 aromatic rings. The number of hydrogen-bond acceptors (Lipinski definition) is 4. The monoisotopic (exact) mass is 482 g/mol. The molecule has 1 N–H and O–H groups in total. The van der Waals surface area contributed by atoms with Crippen molar-refractivity contribution in [3.05, 3.63) is 89.8 Å². The van der Waals surface area contributed by atoms with Gasteiger partial charge in [0, 0.05) is 43.0 Å². The average molecular weight is 483 g/mol. The topological polar surface area (TPSA) is 54.8 Å². The highest BCUT2D eigenvalue weighted by Crippen LogP contribution is 2.36. The normalized spacial score (nSPS) is 14.6. The summed E-state index contributed by atoms with van der Waals surface area (Å²) < 4.78 is 41.5. The molecule has 0 unspecified atom stereocenters. The minimum Gasteiger partial charge on any atom is -0.368 e. The molecular formula is C25H22ClFN3O2S+. The highest BCUT2D eigenvalue weighted by atomic mass is 35.5. The lowest BCUT2D eigenvalue weighted by atomic mass is 10.1. The maximum atomic E-state index is 14.3. The molecule has 1 aliphatic rings.